The first-order valence-electron chi connectivity index (χ1n) is 6.35. The highest BCUT2D eigenvalue weighted by atomic mass is 35.5. The van der Waals surface area contributed by atoms with Gasteiger partial charge in [0, 0.05) is 17.2 Å². The summed E-state index contributed by atoms with van der Waals surface area (Å²) in [4.78, 5) is 10.4. The maximum absolute atomic E-state index is 10.9. The van der Waals surface area contributed by atoms with Gasteiger partial charge in [-0.2, -0.15) is 0 Å². The zero-order valence-corrected chi connectivity index (χ0v) is 11.7. The second kappa shape index (κ2) is 7.96. The van der Waals surface area contributed by atoms with E-state index < -0.39 is 4.92 Å². The Kier molecular flexibility index (Phi) is 6.59. The maximum Gasteiger partial charge on any atom is 0.311 e. The Labute approximate surface area is 117 Å². The van der Waals surface area contributed by atoms with Crippen molar-refractivity contribution in [1.29, 1.82) is 0 Å². The van der Waals surface area contributed by atoms with Crippen molar-refractivity contribution >= 4 is 17.3 Å². The Morgan fingerprint density at radius 2 is 2.21 bits per heavy atom. The van der Waals surface area contributed by atoms with Gasteiger partial charge in [-0.1, -0.05) is 24.9 Å². The van der Waals surface area contributed by atoms with E-state index in [-0.39, 0.29) is 11.4 Å². The van der Waals surface area contributed by atoms with Crippen molar-refractivity contribution in [3.8, 4) is 5.75 Å². The van der Waals surface area contributed by atoms with Gasteiger partial charge in [0.1, 0.15) is 0 Å². The molecule has 1 aromatic rings. The first-order chi connectivity index (χ1) is 9.08. The van der Waals surface area contributed by atoms with Gasteiger partial charge >= 0.3 is 5.69 Å². The predicted molar refractivity (Wildman–Crippen MR) is 75.7 cm³/mol. The normalized spacial score (nSPS) is 12.2. The van der Waals surface area contributed by atoms with Crippen LogP contribution in [0.3, 0.4) is 0 Å². The Morgan fingerprint density at radius 1 is 1.47 bits per heavy atom. The number of nitro benzene ring substituents is 1. The Bertz CT molecular complexity index is 420. The summed E-state index contributed by atoms with van der Waals surface area (Å²) in [6, 6.07) is 4.32. The third kappa shape index (κ3) is 5.04. The molecule has 0 aromatic heterocycles. The zero-order chi connectivity index (χ0) is 14.3. The number of hydrogen-bond acceptors (Lipinski definition) is 4. The van der Waals surface area contributed by atoms with E-state index in [9.17, 15) is 10.1 Å². The molecule has 0 amide bonds. The van der Waals surface area contributed by atoms with Crippen LogP contribution in [0.2, 0.25) is 5.02 Å². The molecule has 0 bridgehead atoms. The van der Waals surface area contributed by atoms with Crippen molar-refractivity contribution in [2.45, 2.75) is 26.2 Å². The van der Waals surface area contributed by atoms with Gasteiger partial charge in [0.2, 0.25) is 0 Å². The standard InChI is InChI=1S/C13H19ClN2O3/c1-2-3-10(6-7-15)9-19-13-8-11(14)4-5-12(13)16(17)18/h4-5,8,10H,2-3,6-7,9,15H2,1H3. The minimum atomic E-state index is -0.469. The van der Waals surface area contributed by atoms with Gasteiger partial charge < -0.3 is 10.5 Å². The van der Waals surface area contributed by atoms with Crippen LogP contribution in [0.1, 0.15) is 26.2 Å². The van der Waals surface area contributed by atoms with Gasteiger partial charge in [-0.05, 0) is 31.4 Å². The number of benzene rings is 1. The lowest BCUT2D eigenvalue weighted by molar-refractivity contribution is -0.385. The van der Waals surface area contributed by atoms with Crippen molar-refractivity contribution in [2.75, 3.05) is 13.2 Å². The minimum absolute atomic E-state index is 0.0626. The van der Waals surface area contributed by atoms with Gasteiger partial charge in [0.15, 0.2) is 5.75 Å². The maximum atomic E-state index is 10.9. The fraction of sp³-hybridized carbons (Fsp3) is 0.538. The summed E-state index contributed by atoms with van der Waals surface area (Å²) in [6.07, 6.45) is 2.87. The van der Waals surface area contributed by atoms with Crippen molar-refractivity contribution in [1.82, 2.24) is 0 Å². The quantitative estimate of drug-likeness (QED) is 0.587. The average Bonchev–Trinajstić information content (AvgIpc) is 2.36. The van der Waals surface area contributed by atoms with Crippen LogP contribution in [0.4, 0.5) is 5.69 Å². The monoisotopic (exact) mass is 286 g/mol. The smallest absolute Gasteiger partial charge is 0.311 e. The summed E-state index contributed by atoms with van der Waals surface area (Å²) in [5.41, 5.74) is 5.48. The summed E-state index contributed by atoms with van der Waals surface area (Å²) in [6.45, 7) is 3.10. The molecule has 0 aliphatic carbocycles. The van der Waals surface area contributed by atoms with Gasteiger partial charge in [0.25, 0.3) is 0 Å². The van der Waals surface area contributed by atoms with E-state index in [0.717, 1.165) is 19.3 Å². The van der Waals surface area contributed by atoms with E-state index in [1.54, 1.807) is 0 Å². The highest BCUT2D eigenvalue weighted by Gasteiger charge is 2.17. The van der Waals surface area contributed by atoms with Crippen LogP contribution in [-0.2, 0) is 0 Å². The largest absolute Gasteiger partial charge is 0.486 e. The molecule has 6 heteroatoms. The van der Waals surface area contributed by atoms with Crippen molar-refractivity contribution in [2.24, 2.45) is 11.7 Å². The van der Waals surface area contributed by atoms with Crippen LogP contribution < -0.4 is 10.5 Å². The van der Waals surface area contributed by atoms with Crippen LogP contribution in [0.25, 0.3) is 0 Å². The highest BCUT2D eigenvalue weighted by Crippen LogP contribution is 2.30. The van der Waals surface area contributed by atoms with E-state index in [4.69, 9.17) is 22.1 Å². The van der Waals surface area contributed by atoms with E-state index in [1.165, 1.54) is 18.2 Å². The summed E-state index contributed by atoms with van der Waals surface area (Å²) in [5, 5.41) is 11.3. The van der Waals surface area contributed by atoms with E-state index in [1.807, 2.05) is 0 Å². The number of ether oxygens (including phenoxy) is 1. The van der Waals surface area contributed by atoms with E-state index in [2.05, 4.69) is 6.92 Å². The molecule has 0 aliphatic heterocycles. The lowest BCUT2D eigenvalue weighted by atomic mass is 10.0. The lowest BCUT2D eigenvalue weighted by Crippen LogP contribution is -2.16. The van der Waals surface area contributed by atoms with Gasteiger partial charge in [-0.15, -0.1) is 0 Å². The predicted octanol–water partition coefficient (Wildman–Crippen LogP) is 3.39. The average molecular weight is 287 g/mol. The van der Waals surface area contributed by atoms with Crippen LogP contribution in [0, 0.1) is 16.0 Å². The molecule has 1 atom stereocenters. The third-order valence-corrected chi connectivity index (χ3v) is 3.10. The Hall–Kier alpha value is -1.33. The molecule has 1 unspecified atom stereocenters. The summed E-state index contributed by atoms with van der Waals surface area (Å²) < 4.78 is 5.56. The molecule has 19 heavy (non-hydrogen) atoms. The van der Waals surface area contributed by atoms with E-state index in [0.29, 0.717) is 24.1 Å². The molecule has 0 fully saturated rings. The second-order valence-electron chi connectivity index (χ2n) is 4.41. The van der Waals surface area contributed by atoms with Crippen LogP contribution in [-0.4, -0.2) is 18.1 Å². The van der Waals surface area contributed by atoms with Crippen molar-refractivity contribution in [3.05, 3.63) is 33.3 Å². The Morgan fingerprint density at radius 3 is 2.79 bits per heavy atom. The van der Waals surface area contributed by atoms with Gasteiger partial charge in [-0.25, -0.2) is 0 Å². The molecule has 0 saturated heterocycles. The number of hydrogen-bond donors (Lipinski definition) is 1. The van der Waals surface area contributed by atoms with Crippen LogP contribution in [0.15, 0.2) is 18.2 Å². The zero-order valence-electron chi connectivity index (χ0n) is 11.0. The molecule has 1 aromatic carbocycles. The molecular weight excluding hydrogens is 268 g/mol. The first-order valence-corrected chi connectivity index (χ1v) is 6.73. The summed E-state index contributed by atoms with van der Waals surface area (Å²) in [5.74, 6) is 0.532. The minimum Gasteiger partial charge on any atom is -0.486 e. The molecule has 0 heterocycles. The van der Waals surface area contributed by atoms with Crippen molar-refractivity contribution < 1.29 is 9.66 Å². The number of halogens is 1. The SMILES string of the molecule is CCCC(CCN)COc1cc(Cl)ccc1[N+](=O)[O-]. The van der Waals surface area contributed by atoms with Crippen molar-refractivity contribution in [3.63, 3.8) is 0 Å². The molecule has 0 radical (unpaired) electrons. The molecule has 106 valence electrons. The van der Waals surface area contributed by atoms with Crippen LogP contribution in [0.5, 0.6) is 5.75 Å². The molecule has 0 aliphatic rings. The summed E-state index contributed by atoms with van der Waals surface area (Å²) in [7, 11) is 0. The van der Waals surface area contributed by atoms with Gasteiger partial charge in [0.05, 0.1) is 11.5 Å². The Balaban J connectivity index is 2.74. The van der Waals surface area contributed by atoms with E-state index >= 15 is 0 Å². The number of nitrogens with zero attached hydrogens (tertiary/aromatic N) is 1. The number of rotatable bonds is 8. The molecule has 0 saturated carbocycles. The molecule has 0 spiro atoms. The molecule has 1 rings (SSSR count). The lowest BCUT2D eigenvalue weighted by Gasteiger charge is -2.16. The fourth-order valence-corrected chi connectivity index (χ4v) is 2.08. The number of nitro groups is 1. The molecular formula is C13H19ClN2O3. The van der Waals surface area contributed by atoms with Gasteiger partial charge in [-0.3, -0.25) is 10.1 Å². The topological polar surface area (TPSA) is 78.4 Å². The second-order valence-corrected chi connectivity index (χ2v) is 4.85. The highest BCUT2D eigenvalue weighted by molar-refractivity contribution is 6.30. The number of nitrogens with two attached hydrogens (primary N) is 1. The molecule has 2 N–H and O–H groups in total. The third-order valence-electron chi connectivity index (χ3n) is 2.86. The fourth-order valence-electron chi connectivity index (χ4n) is 1.92. The first kappa shape index (κ1) is 15.7. The molecule has 5 nitrogen and oxygen atoms in total. The summed E-state index contributed by atoms with van der Waals surface area (Å²) >= 11 is 5.84. The van der Waals surface area contributed by atoms with Crippen LogP contribution >= 0.6 is 11.6 Å².